The van der Waals surface area contributed by atoms with Gasteiger partial charge < -0.3 is 4.74 Å². The zero-order chi connectivity index (χ0) is 7.98. The summed E-state index contributed by atoms with van der Waals surface area (Å²) in [7, 11) is 0. The Labute approximate surface area is 65.8 Å². The molecule has 0 aromatic carbocycles. The standard InChI is InChI=1S/C7H11ClO2/c1-6(3-4-8)5-10-7(2)9/h3H,4-5H2,1-2H3. The maximum atomic E-state index is 10.3. The van der Waals surface area contributed by atoms with E-state index in [1.807, 2.05) is 13.0 Å². The van der Waals surface area contributed by atoms with E-state index in [0.29, 0.717) is 12.5 Å². The first kappa shape index (κ1) is 9.50. The minimum Gasteiger partial charge on any atom is -0.461 e. The second-order valence-corrected chi connectivity index (χ2v) is 2.29. The van der Waals surface area contributed by atoms with Gasteiger partial charge in [0.05, 0.1) is 0 Å². The van der Waals surface area contributed by atoms with Crippen molar-refractivity contribution in [2.75, 3.05) is 12.5 Å². The van der Waals surface area contributed by atoms with Gasteiger partial charge in [0.2, 0.25) is 0 Å². The summed E-state index contributed by atoms with van der Waals surface area (Å²) < 4.78 is 4.69. The quantitative estimate of drug-likeness (QED) is 0.359. The molecule has 0 aliphatic heterocycles. The van der Waals surface area contributed by atoms with Gasteiger partial charge in [-0.15, -0.1) is 11.6 Å². The zero-order valence-electron chi connectivity index (χ0n) is 6.19. The fourth-order valence-electron chi connectivity index (χ4n) is 0.406. The Morgan fingerprint density at radius 2 is 2.20 bits per heavy atom. The first-order valence-electron chi connectivity index (χ1n) is 3.01. The molecule has 0 amide bonds. The fourth-order valence-corrected chi connectivity index (χ4v) is 0.670. The van der Waals surface area contributed by atoms with Crippen LogP contribution in [0.2, 0.25) is 0 Å². The fraction of sp³-hybridized carbons (Fsp3) is 0.571. The lowest BCUT2D eigenvalue weighted by Crippen LogP contribution is -2.01. The number of esters is 1. The van der Waals surface area contributed by atoms with Crippen molar-refractivity contribution in [1.82, 2.24) is 0 Å². The Balaban J connectivity index is 3.48. The molecular formula is C7H11ClO2. The average Bonchev–Trinajstić information content (AvgIpc) is 1.85. The molecule has 0 spiro atoms. The van der Waals surface area contributed by atoms with Gasteiger partial charge in [0.1, 0.15) is 6.61 Å². The molecule has 0 bridgehead atoms. The summed E-state index contributed by atoms with van der Waals surface area (Å²) in [5.74, 6) is 0.204. The molecular weight excluding hydrogens is 152 g/mol. The molecule has 0 aromatic heterocycles. The summed E-state index contributed by atoms with van der Waals surface area (Å²) in [6.45, 7) is 3.60. The lowest BCUT2D eigenvalue weighted by atomic mass is 10.3. The van der Waals surface area contributed by atoms with Crippen molar-refractivity contribution in [3.05, 3.63) is 11.6 Å². The Bertz CT molecular complexity index is 141. The first-order chi connectivity index (χ1) is 4.66. The molecule has 0 N–H and O–H groups in total. The average molecular weight is 163 g/mol. The smallest absolute Gasteiger partial charge is 0.302 e. The van der Waals surface area contributed by atoms with Crippen LogP contribution < -0.4 is 0 Å². The predicted molar refractivity (Wildman–Crippen MR) is 41.1 cm³/mol. The number of halogens is 1. The third-order valence-corrected chi connectivity index (χ3v) is 1.08. The third kappa shape index (κ3) is 5.63. The summed E-state index contributed by atoms with van der Waals surface area (Å²) in [4.78, 5) is 10.3. The number of rotatable bonds is 3. The van der Waals surface area contributed by atoms with E-state index in [9.17, 15) is 4.79 Å². The van der Waals surface area contributed by atoms with Gasteiger partial charge >= 0.3 is 5.97 Å². The van der Waals surface area contributed by atoms with E-state index in [2.05, 4.69) is 0 Å². The number of carbonyl (C=O) groups excluding carboxylic acids is 1. The molecule has 0 aromatic rings. The van der Waals surface area contributed by atoms with Gasteiger partial charge in [0.15, 0.2) is 0 Å². The molecule has 0 fully saturated rings. The SMILES string of the molecule is CC(=O)OCC(C)=CCCl. The summed E-state index contributed by atoms with van der Waals surface area (Å²) in [5, 5.41) is 0. The van der Waals surface area contributed by atoms with Crippen LogP contribution in [0.1, 0.15) is 13.8 Å². The van der Waals surface area contributed by atoms with Crippen LogP contribution in [-0.4, -0.2) is 18.5 Å². The highest BCUT2D eigenvalue weighted by atomic mass is 35.5. The van der Waals surface area contributed by atoms with Crippen LogP contribution in [0, 0.1) is 0 Å². The number of hydrogen-bond donors (Lipinski definition) is 0. The van der Waals surface area contributed by atoms with Gasteiger partial charge in [-0.2, -0.15) is 0 Å². The first-order valence-corrected chi connectivity index (χ1v) is 3.55. The second-order valence-electron chi connectivity index (χ2n) is 1.99. The van der Waals surface area contributed by atoms with E-state index in [0.717, 1.165) is 5.57 Å². The monoisotopic (exact) mass is 162 g/mol. The summed E-state index contributed by atoms with van der Waals surface area (Å²) in [5.41, 5.74) is 0.977. The van der Waals surface area contributed by atoms with Gasteiger partial charge in [0, 0.05) is 12.8 Å². The van der Waals surface area contributed by atoms with E-state index in [-0.39, 0.29) is 5.97 Å². The summed E-state index contributed by atoms with van der Waals surface area (Å²) >= 11 is 5.39. The Hall–Kier alpha value is -0.500. The highest BCUT2D eigenvalue weighted by Gasteiger charge is 1.92. The van der Waals surface area contributed by atoms with Crippen molar-refractivity contribution in [2.24, 2.45) is 0 Å². The number of carbonyl (C=O) groups is 1. The predicted octanol–water partition coefficient (Wildman–Crippen LogP) is 1.73. The van der Waals surface area contributed by atoms with E-state index in [1.54, 1.807) is 0 Å². The third-order valence-electron chi connectivity index (χ3n) is 0.929. The summed E-state index contributed by atoms with van der Waals surface area (Å²) in [6.07, 6.45) is 1.81. The maximum Gasteiger partial charge on any atom is 0.302 e. The van der Waals surface area contributed by atoms with E-state index < -0.39 is 0 Å². The number of ether oxygens (including phenoxy) is 1. The molecule has 0 unspecified atom stereocenters. The van der Waals surface area contributed by atoms with Gasteiger partial charge in [-0.1, -0.05) is 6.08 Å². The zero-order valence-corrected chi connectivity index (χ0v) is 6.94. The number of allylic oxidation sites excluding steroid dienone is 1. The maximum absolute atomic E-state index is 10.3. The number of hydrogen-bond acceptors (Lipinski definition) is 2. The minimum absolute atomic E-state index is 0.262. The molecule has 0 heterocycles. The largest absolute Gasteiger partial charge is 0.461 e. The van der Waals surface area contributed by atoms with Crippen LogP contribution >= 0.6 is 11.6 Å². The van der Waals surface area contributed by atoms with E-state index in [1.165, 1.54) is 6.92 Å². The van der Waals surface area contributed by atoms with E-state index >= 15 is 0 Å². The molecule has 10 heavy (non-hydrogen) atoms. The summed E-state index contributed by atoms with van der Waals surface area (Å²) in [6, 6.07) is 0. The van der Waals surface area contributed by atoms with Gasteiger partial charge in [0.25, 0.3) is 0 Å². The van der Waals surface area contributed by atoms with Gasteiger partial charge in [-0.3, -0.25) is 4.79 Å². The number of alkyl halides is 1. The van der Waals surface area contributed by atoms with Crippen molar-refractivity contribution >= 4 is 17.6 Å². The Morgan fingerprint density at radius 1 is 1.60 bits per heavy atom. The van der Waals surface area contributed by atoms with Crippen molar-refractivity contribution in [3.63, 3.8) is 0 Å². The van der Waals surface area contributed by atoms with Crippen molar-refractivity contribution in [1.29, 1.82) is 0 Å². The normalized spacial score (nSPS) is 11.3. The molecule has 0 saturated heterocycles. The molecule has 0 saturated carbocycles. The van der Waals surface area contributed by atoms with Crippen molar-refractivity contribution in [2.45, 2.75) is 13.8 Å². The van der Waals surface area contributed by atoms with Gasteiger partial charge in [-0.25, -0.2) is 0 Å². The molecule has 0 aliphatic rings. The van der Waals surface area contributed by atoms with Crippen LogP contribution in [-0.2, 0) is 9.53 Å². The molecule has 0 rings (SSSR count). The highest BCUT2D eigenvalue weighted by molar-refractivity contribution is 6.18. The van der Waals surface area contributed by atoms with Crippen LogP contribution in [0.3, 0.4) is 0 Å². The molecule has 58 valence electrons. The minimum atomic E-state index is -0.262. The topological polar surface area (TPSA) is 26.3 Å². The molecule has 3 heteroatoms. The Kier molecular flexibility index (Phi) is 5.03. The molecule has 2 nitrogen and oxygen atoms in total. The van der Waals surface area contributed by atoms with Crippen LogP contribution in [0.25, 0.3) is 0 Å². The molecule has 0 radical (unpaired) electrons. The second kappa shape index (κ2) is 5.30. The van der Waals surface area contributed by atoms with Crippen LogP contribution in [0.5, 0.6) is 0 Å². The lowest BCUT2D eigenvalue weighted by Gasteiger charge is -1.99. The van der Waals surface area contributed by atoms with Crippen molar-refractivity contribution < 1.29 is 9.53 Å². The molecule has 0 atom stereocenters. The highest BCUT2D eigenvalue weighted by Crippen LogP contribution is 1.94. The van der Waals surface area contributed by atoms with Crippen LogP contribution in [0.15, 0.2) is 11.6 Å². The molecule has 0 aliphatic carbocycles. The Morgan fingerprint density at radius 3 is 2.60 bits per heavy atom. The van der Waals surface area contributed by atoms with Crippen LogP contribution in [0.4, 0.5) is 0 Å². The van der Waals surface area contributed by atoms with Crippen molar-refractivity contribution in [3.8, 4) is 0 Å². The lowest BCUT2D eigenvalue weighted by molar-refractivity contribution is -0.139. The van der Waals surface area contributed by atoms with E-state index in [4.69, 9.17) is 16.3 Å². The van der Waals surface area contributed by atoms with Gasteiger partial charge in [-0.05, 0) is 12.5 Å².